The Hall–Kier alpha value is -3.46. The van der Waals surface area contributed by atoms with Gasteiger partial charge in [-0.05, 0) is 107 Å². The summed E-state index contributed by atoms with van der Waals surface area (Å²) in [5, 5.41) is 12.2. The molecule has 4 aliphatic rings. The molecule has 1 amide bonds. The second kappa shape index (κ2) is 30.6. The zero-order chi connectivity index (χ0) is 55.6. The highest BCUT2D eigenvalue weighted by molar-refractivity contribution is 7.91. The highest BCUT2D eigenvalue weighted by atomic mass is 32.2. The number of methoxy groups -OCH3 is 5. The number of hydrogen-bond acceptors (Lipinski definition) is 16. The van der Waals surface area contributed by atoms with Crippen molar-refractivity contribution in [1.29, 1.82) is 0 Å². The number of sulfone groups is 1. The number of allylic oxidation sites excluding steroid dienone is 6. The number of amides is 1. The van der Waals surface area contributed by atoms with Crippen LogP contribution in [0.4, 0.5) is 0 Å². The zero-order valence-corrected chi connectivity index (χ0v) is 47.8. The Morgan fingerprint density at radius 1 is 0.787 bits per heavy atom. The molecule has 0 aromatic heterocycles. The number of cyclic esters (lactones) is 1. The van der Waals surface area contributed by atoms with Gasteiger partial charge >= 0.3 is 5.97 Å². The molecule has 15 atom stereocenters. The van der Waals surface area contributed by atoms with Crippen LogP contribution in [0.1, 0.15) is 126 Å². The molecule has 1 unspecified atom stereocenters. The number of carbonyl (C=O) groups excluding carboxylic acids is 5. The van der Waals surface area contributed by atoms with Crippen LogP contribution in [-0.4, -0.2) is 169 Å². The molecule has 1 aliphatic carbocycles. The minimum Gasteiger partial charge on any atom is -0.460 e. The highest BCUT2D eigenvalue weighted by Gasteiger charge is 2.53. The molecule has 0 spiro atoms. The Labute approximate surface area is 447 Å². The van der Waals surface area contributed by atoms with Gasteiger partial charge in [-0.1, -0.05) is 71.1 Å². The summed E-state index contributed by atoms with van der Waals surface area (Å²) >= 11 is 0. The van der Waals surface area contributed by atoms with Crippen LogP contribution in [0.5, 0.6) is 0 Å². The molecule has 0 aromatic carbocycles. The van der Waals surface area contributed by atoms with Gasteiger partial charge in [-0.3, -0.25) is 19.2 Å². The quantitative estimate of drug-likeness (QED) is 0.106. The summed E-state index contributed by atoms with van der Waals surface area (Å²) in [4.78, 5) is 73.2. The van der Waals surface area contributed by atoms with E-state index in [1.54, 1.807) is 41.1 Å². The van der Waals surface area contributed by atoms with Crippen molar-refractivity contribution in [1.82, 2.24) is 4.90 Å². The van der Waals surface area contributed by atoms with Crippen LogP contribution in [0.3, 0.4) is 0 Å². The standard InChI is InChI=1S/C57H91NO16S/c1-36-18-14-13-15-19-37(2)48(72-27-29-75(65,66)28-26-67-8)34-44-23-21-42(7)57(64,74-44)54(61)55(62)58-25-17-16-20-45(58)56(63)73-49(39(4)32-43-22-24-47(68-9)50(33-43)69-10)35-46(59)38(3)31-41(6)52(70-11)53(71-12)51(60)40(5)30-36/h13-15,18-19,31,36,38-40,42-45,47-50,52-53,64H,16-17,20-30,32-35H2,1-12H3/b15-13?,18-14+,37-19?,41-31+/t36-,38-,39-,40-,42-,43+,44+,45+,47-,48?,49+,50-,52-,53+,57-/m1/s1. The minimum absolute atomic E-state index is 0.00944. The van der Waals surface area contributed by atoms with Crippen molar-refractivity contribution in [2.75, 3.05) is 66.8 Å². The average Bonchev–Trinajstić information content (AvgIpc) is 3.38. The van der Waals surface area contributed by atoms with Crippen LogP contribution in [-0.2, 0) is 71.7 Å². The number of piperidine rings is 1. The number of ether oxygens (including phenoxy) is 8. The molecule has 3 fully saturated rings. The SMILES string of the molecule is COCCS(=O)(=O)CCOC1C[C@@H]2CC[C@@H](C)[C@@](O)(O2)C(=O)C(=O)N2CCCC[C@H]2C(=O)O[C@H]([C@H](C)C[C@@H]2CC[C@@H](OC)[C@H](OC)C2)CC(=O)[C@H](C)/C=C(\C)[C@@H](OC)[C@@H](OC)C(=O)[C@H](C)C[C@H](C)/C=C/C=CC=C1C. The fraction of sp³-hybridized carbons (Fsp3) is 0.772. The van der Waals surface area contributed by atoms with Crippen LogP contribution in [0, 0.1) is 35.5 Å². The number of nitrogens with zero attached hydrogens (tertiary/aromatic N) is 1. The van der Waals surface area contributed by atoms with Crippen LogP contribution in [0.2, 0.25) is 0 Å². The topological polar surface area (TPSA) is 217 Å². The Morgan fingerprint density at radius 2 is 1.48 bits per heavy atom. The third kappa shape index (κ3) is 18.3. The van der Waals surface area contributed by atoms with Gasteiger partial charge in [0, 0.05) is 72.7 Å². The van der Waals surface area contributed by atoms with Gasteiger partial charge in [-0.25, -0.2) is 13.2 Å². The predicted molar refractivity (Wildman–Crippen MR) is 284 cm³/mol. The molecule has 4 rings (SSSR count). The van der Waals surface area contributed by atoms with Gasteiger partial charge in [-0.15, -0.1) is 0 Å². The first-order valence-electron chi connectivity index (χ1n) is 27.2. The maximum atomic E-state index is 14.6. The maximum Gasteiger partial charge on any atom is 0.329 e. The third-order valence-electron chi connectivity index (χ3n) is 16.0. The second-order valence-corrected chi connectivity index (χ2v) is 24.1. The molecular weight excluding hydrogens is 987 g/mol. The summed E-state index contributed by atoms with van der Waals surface area (Å²) in [5.41, 5.74) is 1.35. The molecule has 75 heavy (non-hydrogen) atoms. The second-order valence-electron chi connectivity index (χ2n) is 21.8. The van der Waals surface area contributed by atoms with E-state index in [-0.39, 0.29) is 92.1 Å². The van der Waals surface area contributed by atoms with Gasteiger partial charge in [0.2, 0.25) is 5.79 Å². The van der Waals surface area contributed by atoms with E-state index in [0.29, 0.717) is 44.1 Å². The van der Waals surface area contributed by atoms with Crippen molar-refractivity contribution in [3.63, 3.8) is 0 Å². The number of ketones is 3. The number of rotatable bonds is 14. The number of aliphatic hydroxyl groups is 1. The largest absolute Gasteiger partial charge is 0.460 e. The number of hydrogen-bond donors (Lipinski definition) is 1. The van der Waals surface area contributed by atoms with Gasteiger partial charge < -0.3 is 47.9 Å². The lowest BCUT2D eigenvalue weighted by Crippen LogP contribution is -2.61. The molecule has 2 bridgehead atoms. The molecule has 17 nitrogen and oxygen atoms in total. The first-order chi connectivity index (χ1) is 35.5. The zero-order valence-electron chi connectivity index (χ0n) is 47.0. The summed E-state index contributed by atoms with van der Waals surface area (Å²) < 4.78 is 72.5. The van der Waals surface area contributed by atoms with E-state index in [1.807, 2.05) is 58.1 Å². The van der Waals surface area contributed by atoms with Gasteiger partial charge in [-0.2, -0.15) is 0 Å². The van der Waals surface area contributed by atoms with Crippen molar-refractivity contribution >= 4 is 39.1 Å². The Kier molecular flexibility index (Phi) is 26.2. The van der Waals surface area contributed by atoms with E-state index >= 15 is 0 Å². The van der Waals surface area contributed by atoms with Crippen molar-refractivity contribution in [2.24, 2.45) is 35.5 Å². The van der Waals surface area contributed by atoms with Crippen molar-refractivity contribution in [2.45, 2.75) is 180 Å². The smallest absolute Gasteiger partial charge is 0.329 e. The molecule has 1 N–H and O–H groups in total. The van der Waals surface area contributed by atoms with Crippen LogP contribution < -0.4 is 0 Å². The first-order valence-corrected chi connectivity index (χ1v) is 29.0. The summed E-state index contributed by atoms with van der Waals surface area (Å²) in [5.74, 6) is -8.37. The lowest BCUT2D eigenvalue weighted by atomic mass is 9.78. The molecule has 1 saturated carbocycles. The van der Waals surface area contributed by atoms with E-state index in [9.17, 15) is 37.5 Å². The van der Waals surface area contributed by atoms with Crippen LogP contribution in [0.25, 0.3) is 0 Å². The lowest BCUT2D eigenvalue weighted by molar-refractivity contribution is -0.266. The fourth-order valence-electron chi connectivity index (χ4n) is 11.2. The molecule has 3 aliphatic heterocycles. The number of Topliss-reactive ketones (excluding diaryl/α,β-unsaturated/α-hetero) is 3. The highest BCUT2D eigenvalue weighted by Crippen LogP contribution is 2.38. The van der Waals surface area contributed by atoms with Gasteiger partial charge in [0.15, 0.2) is 15.6 Å². The van der Waals surface area contributed by atoms with Gasteiger partial charge in [0.25, 0.3) is 11.7 Å². The van der Waals surface area contributed by atoms with Gasteiger partial charge in [0.1, 0.15) is 30.1 Å². The van der Waals surface area contributed by atoms with E-state index in [1.165, 1.54) is 26.2 Å². The predicted octanol–water partition coefficient (Wildman–Crippen LogP) is 6.92. The third-order valence-corrected chi connectivity index (χ3v) is 17.6. The summed E-state index contributed by atoms with van der Waals surface area (Å²) in [6, 6.07) is -1.17. The van der Waals surface area contributed by atoms with Crippen molar-refractivity contribution in [3.05, 3.63) is 47.6 Å². The minimum atomic E-state index is -3.50. The molecule has 0 radical (unpaired) electrons. The first kappa shape index (κ1) is 64.1. The number of carbonyl (C=O) groups is 5. The van der Waals surface area contributed by atoms with E-state index in [0.717, 1.165) is 24.8 Å². The lowest BCUT2D eigenvalue weighted by Gasteiger charge is -2.43. The molecule has 3 heterocycles. The van der Waals surface area contributed by atoms with Crippen LogP contribution >= 0.6 is 0 Å². The monoisotopic (exact) mass is 1080 g/mol. The van der Waals surface area contributed by atoms with Crippen LogP contribution in [0.15, 0.2) is 47.6 Å². The maximum absolute atomic E-state index is 14.6. The van der Waals surface area contributed by atoms with Crippen molar-refractivity contribution in [3.8, 4) is 0 Å². The Bertz CT molecular complexity index is 2120. The van der Waals surface area contributed by atoms with Gasteiger partial charge in [0.05, 0.1) is 49.1 Å². The molecular formula is C57H91NO16S. The number of fused-ring (bicyclic) bond motifs is 3. The molecule has 0 aromatic rings. The van der Waals surface area contributed by atoms with E-state index < -0.39 is 87.6 Å². The van der Waals surface area contributed by atoms with E-state index in [2.05, 4.69) is 0 Å². The summed E-state index contributed by atoms with van der Waals surface area (Å²) in [7, 11) is 4.23. The fourth-order valence-corrected chi connectivity index (χ4v) is 12.2. The number of esters is 1. The summed E-state index contributed by atoms with van der Waals surface area (Å²) in [6.07, 6.45) is 12.3. The van der Waals surface area contributed by atoms with E-state index in [4.69, 9.17) is 37.9 Å². The normalized spacial score (nSPS) is 35.7. The Balaban J connectivity index is 1.74. The Morgan fingerprint density at radius 3 is 2.15 bits per heavy atom. The molecule has 426 valence electrons. The molecule has 18 heteroatoms. The average molecular weight is 1080 g/mol. The van der Waals surface area contributed by atoms with Crippen molar-refractivity contribution < 1.29 is 75.4 Å². The summed E-state index contributed by atoms with van der Waals surface area (Å²) in [6.45, 7) is 12.8. The molecule has 2 saturated heterocycles.